The number of amides is 1. The molecule has 0 fully saturated rings. The molecule has 0 bridgehead atoms. The molecule has 0 unspecified atom stereocenters. The predicted molar refractivity (Wildman–Crippen MR) is 102 cm³/mol. The first-order chi connectivity index (χ1) is 11.8. The van der Waals surface area contributed by atoms with Gasteiger partial charge in [-0.15, -0.1) is 0 Å². The van der Waals surface area contributed by atoms with Crippen molar-refractivity contribution in [1.82, 2.24) is 10.6 Å². The van der Waals surface area contributed by atoms with E-state index in [4.69, 9.17) is 4.74 Å². The van der Waals surface area contributed by atoms with Crippen LogP contribution in [0.4, 0.5) is 0 Å². The maximum atomic E-state index is 11.7. The van der Waals surface area contributed by atoms with Crippen LogP contribution in [0.1, 0.15) is 37.5 Å². The molecule has 2 N–H and O–H groups in total. The van der Waals surface area contributed by atoms with Gasteiger partial charge in [0.15, 0.2) is 6.61 Å². The van der Waals surface area contributed by atoms with Gasteiger partial charge in [-0.25, -0.2) is 0 Å². The van der Waals surface area contributed by atoms with Crippen LogP contribution in [0.15, 0.2) is 48.5 Å². The summed E-state index contributed by atoms with van der Waals surface area (Å²) >= 11 is 0. The number of hydrogen-bond donors (Lipinski definition) is 2. The van der Waals surface area contributed by atoms with Gasteiger partial charge in [-0.1, -0.05) is 42.0 Å². The lowest BCUT2D eigenvalue weighted by Gasteiger charge is -2.20. The highest BCUT2D eigenvalue weighted by Crippen LogP contribution is 2.12. The minimum absolute atomic E-state index is 0.0301. The lowest BCUT2D eigenvalue weighted by Crippen LogP contribution is -2.43. The molecule has 2 aromatic carbocycles. The van der Waals surface area contributed by atoms with E-state index in [1.807, 2.05) is 45.0 Å². The van der Waals surface area contributed by atoms with Gasteiger partial charge in [0.25, 0.3) is 5.91 Å². The van der Waals surface area contributed by atoms with Crippen molar-refractivity contribution in [2.45, 2.75) is 46.3 Å². The summed E-state index contributed by atoms with van der Waals surface area (Å²) in [5.41, 5.74) is 3.48. The van der Waals surface area contributed by atoms with E-state index in [1.54, 1.807) is 0 Å². The maximum Gasteiger partial charge on any atom is 0.258 e. The summed E-state index contributed by atoms with van der Waals surface area (Å²) in [6.45, 7) is 9.59. The third-order valence-corrected chi connectivity index (χ3v) is 3.59. The first kappa shape index (κ1) is 19.0. The number of ether oxygens (including phenoxy) is 1. The molecular formula is C21H28N2O2. The van der Waals surface area contributed by atoms with E-state index < -0.39 is 0 Å². The van der Waals surface area contributed by atoms with Crippen LogP contribution in [0, 0.1) is 6.92 Å². The molecule has 0 aromatic heterocycles. The molecule has 2 aromatic rings. The molecule has 4 nitrogen and oxygen atoms in total. The van der Waals surface area contributed by atoms with E-state index in [1.165, 1.54) is 16.7 Å². The molecule has 1 amide bonds. The molecule has 0 aliphatic heterocycles. The third-order valence-electron chi connectivity index (χ3n) is 3.59. The molecule has 0 spiro atoms. The molecule has 4 heteroatoms. The molecule has 0 aliphatic carbocycles. The predicted octanol–water partition coefficient (Wildman–Crippen LogP) is 3.58. The molecule has 0 aliphatic rings. The van der Waals surface area contributed by atoms with E-state index in [0.717, 1.165) is 13.1 Å². The van der Waals surface area contributed by atoms with E-state index in [9.17, 15) is 4.79 Å². The molecule has 0 heterocycles. The average Bonchev–Trinajstić information content (AvgIpc) is 2.54. The third kappa shape index (κ3) is 7.40. The van der Waals surface area contributed by atoms with Crippen molar-refractivity contribution in [3.8, 4) is 5.75 Å². The van der Waals surface area contributed by atoms with Crippen LogP contribution in [0.5, 0.6) is 5.75 Å². The molecule has 0 saturated carbocycles. The Balaban J connectivity index is 1.74. The Hall–Kier alpha value is -2.33. The smallest absolute Gasteiger partial charge is 0.258 e. The van der Waals surface area contributed by atoms with E-state index in [0.29, 0.717) is 5.75 Å². The zero-order valence-electron chi connectivity index (χ0n) is 15.6. The number of hydrogen-bond acceptors (Lipinski definition) is 3. The number of carbonyl (C=O) groups is 1. The van der Waals surface area contributed by atoms with Crippen molar-refractivity contribution in [2.75, 3.05) is 6.61 Å². The zero-order chi connectivity index (χ0) is 18.3. The summed E-state index contributed by atoms with van der Waals surface area (Å²) in [4.78, 5) is 11.7. The van der Waals surface area contributed by atoms with Crippen LogP contribution < -0.4 is 15.4 Å². The topological polar surface area (TPSA) is 50.4 Å². The summed E-state index contributed by atoms with van der Waals surface area (Å²) in [5.74, 6) is 0.586. The summed E-state index contributed by atoms with van der Waals surface area (Å²) in [7, 11) is 0. The molecular weight excluding hydrogens is 312 g/mol. The van der Waals surface area contributed by atoms with Crippen molar-refractivity contribution in [3.63, 3.8) is 0 Å². The Labute approximate surface area is 150 Å². The number of benzene rings is 2. The molecule has 0 atom stereocenters. The fourth-order valence-corrected chi connectivity index (χ4v) is 2.36. The average molecular weight is 340 g/mol. The lowest BCUT2D eigenvalue weighted by atomic mass is 10.1. The Kier molecular flexibility index (Phi) is 6.59. The minimum Gasteiger partial charge on any atom is -0.484 e. The van der Waals surface area contributed by atoms with Crippen LogP contribution in [0.25, 0.3) is 0 Å². The van der Waals surface area contributed by atoms with Crippen LogP contribution in [0.2, 0.25) is 0 Å². The van der Waals surface area contributed by atoms with Crippen molar-refractivity contribution in [2.24, 2.45) is 0 Å². The van der Waals surface area contributed by atoms with Crippen molar-refractivity contribution in [1.29, 1.82) is 0 Å². The maximum absolute atomic E-state index is 11.7. The Morgan fingerprint density at radius 2 is 1.44 bits per heavy atom. The van der Waals surface area contributed by atoms with Gasteiger partial charge in [0, 0.05) is 18.6 Å². The van der Waals surface area contributed by atoms with Gasteiger partial charge >= 0.3 is 0 Å². The van der Waals surface area contributed by atoms with Gasteiger partial charge < -0.3 is 15.4 Å². The Bertz CT molecular complexity index is 671. The number of nitrogens with one attached hydrogen (secondary N) is 2. The minimum atomic E-state index is -0.243. The first-order valence-corrected chi connectivity index (χ1v) is 8.61. The van der Waals surface area contributed by atoms with Crippen molar-refractivity contribution >= 4 is 5.91 Å². The van der Waals surface area contributed by atoms with Crippen LogP contribution in [-0.4, -0.2) is 18.1 Å². The van der Waals surface area contributed by atoms with Gasteiger partial charge in [0.05, 0.1) is 0 Å². The van der Waals surface area contributed by atoms with Crippen molar-refractivity contribution < 1.29 is 9.53 Å². The fraction of sp³-hybridized carbons (Fsp3) is 0.381. The molecule has 2 rings (SSSR count). The van der Waals surface area contributed by atoms with Gasteiger partial charge in [-0.3, -0.25) is 4.79 Å². The summed E-state index contributed by atoms with van der Waals surface area (Å²) in [6, 6.07) is 16.3. The van der Waals surface area contributed by atoms with E-state index in [-0.39, 0.29) is 18.1 Å². The highest BCUT2D eigenvalue weighted by Gasteiger charge is 2.13. The Morgan fingerprint density at radius 3 is 1.96 bits per heavy atom. The highest BCUT2D eigenvalue weighted by atomic mass is 16.5. The Morgan fingerprint density at radius 1 is 0.920 bits per heavy atom. The fourth-order valence-electron chi connectivity index (χ4n) is 2.36. The van der Waals surface area contributed by atoms with Crippen LogP contribution >= 0.6 is 0 Å². The molecule has 0 saturated heterocycles. The van der Waals surface area contributed by atoms with E-state index >= 15 is 0 Å². The largest absolute Gasteiger partial charge is 0.484 e. The molecule has 134 valence electrons. The first-order valence-electron chi connectivity index (χ1n) is 8.61. The molecule has 25 heavy (non-hydrogen) atoms. The number of carbonyl (C=O) groups excluding carboxylic acids is 1. The normalized spacial score (nSPS) is 11.2. The second-order valence-corrected chi connectivity index (χ2v) is 7.32. The summed E-state index contributed by atoms with van der Waals surface area (Å²) in [5, 5.41) is 6.30. The second kappa shape index (κ2) is 8.67. The van der Waals surface area contributed by atoms with Crippen LogP contribution in [0.3, 0.4) is 0 Å². The quantitative estimate of drug-likeness (QED) is 0.810. The van der Waals surface area contributed by atoms with Crippen LogP contribution in [-0.2, 0) is 17.9 Å². The highest BCUT2D eigenvalue weighted by molar-refractivity contribution is 5.78. The zero-order valence-corrected chi connectivity index (χ0v) is 15.6. The number of aryl methyl sites for hydroxylation is 1. The van der Waals surface area contributed by atoms with Gasteiger partial charge in [0.1, 0.15) is 5.75 Å². The van der Waals surface area contributed by atoms with Gasteiger partial charge in [-0.2, -0.15) is 0 Å². The standard InChI is InChI=1S/C21H28N2O2/c1-16-5-7-17(8-6-16)13-22-14-18-9-11-19(12-10-18)25-15-20(24)23-21(2,3)4/h5-12,22H,13-15H2,1-4H3,(H,23,24). The number of rotatable bonds is 7. The SMILES string of the molecule is Cc1ccc(CNCc2ccc(OCC(=O)NC(C)(C)C)cc2)cc1. The van der Waals surface area contributed by atoms with E-state index in [2.05, 4.69) is 41.8 Å². The van der Waals surface area contributed by atoms with Gasteiger partial charge in [0.2, 0.25) is 0 Å². The molecule has 0 radical (unpaired) electrons. The monoisotopic (exact) mass is 340 g/mol. The summed E-state index contributed by atoms with van der Waals surface area (Å²) in [6.07, 6.45) is 0. The lowest BCUT2D eigenvalue weighted by molar-refractivity contribution is -0.124. The van der Waals surface area contributed by atoms with Crippen molar-refractivity contribution in [3.05, 3.63) is 65.2 Å². The summed E-state index contributed by atoms with van der Waals surface area (Å²) < 4.78 is 5.52. The second-order valence-electron chi connectivity index (χ2n) is 7.32. The van der Waals surface area contributed by atoms with Gasteiger partial charge in [-0.05, 0) is 51.0 Å².